The van der Waals surface area contributed by atoms with E-state index >= 15 is 0 Å². The Kier molecular flexibility index (Phi) is 5.30. The number of hydrogen-bond acceptors (Lipinski definition) is 4. The number of rotatable bonds is 7. The second-order valence-corrected chi connectivity index (χ2v) is 3.11. The molecule has 0 spiro atoms. The fraction of sp³-hybridized carbons (Fsp3) is 0.556. The van der Waals surface area contributed by atoms with Gasteiger partial charge in [0.25, 0.3) is 5.56 Å². The van der Waals surface area contributed by atoms with Gasteiger partial charge in [-0.25, -0.2) is 0 Å². The summed E-state index contributed by atoms with van der Waals surface area (Å²) >= 11 is 0. The summed E-state index contributed by atoms with van der Waals surface area (Å²) in [5.74, 6) is -0.238. The average Bonchev–Trinajstić information content (AvgIpc) is 2.68. The number of carbonyl (C=O) groups is 1. The minimum atomic E-state index is -0.238. The lowest BCUT2D eigenvalue weighted by molar-refractivity contribution is -0.126. The first-order valence-electron chi connectivity index (χ1n) is 4.82. The average molecular weight is 229 g/mol. The van der Waals surface area contributed by atoms with Crippen LogP contribution in [-0.2, 0) is 20.8 Å². The number of hydrogen-bond donors (Lipinski definition) is 3. The third-order valence-corrected chi connectivity index (χ3v) is 1.79. The van der Waals surface area contributed by atoms with Gasteiger partial charge in [0.05, 0.1) is 25.5 Å². The summed E-state index contributed by atoms with van der Waals surface area (Å²) in [6, 6.07) is 1.38. The first-order chi connectivity index (χ1) is 7.72. The molecule has 16 heavy (non-hydrogen) atoms. The monoisotopic (exact) mass is 229 g/mol. The molecule has 0 aliphatic heterocycles. The van der Waals surface area contributed by atoms with Crippen molar-refractivity contribution in [3.05, 3.63) is 22.1 Å². The summed E-state index contributed by atoms with van der Waals surface area (Å²) in [6.45, 7) is 1.09. The van der Waals surface area contributed by atoms with Crippen LogP contribution in [-0.4, -0.2) is 43.0 Å². The summed E-state index contributed by atoms with van der Waals surface area (Å²) in [5.41, 5.74) is 0.399. The van der Waals surface area contributed by atoms with E-state index in [0.717, 1.165) is 0 Å². The molecule has 0 saturated carbocycles. The zero-order valence-electron chi connectivity index (χ0n) is 9.04. The summed E-state index contributed by atoms with van der Waals surface area (Å²) in [5, 5.41) is 7.59. The highest BCUT2D eigenvalue weighted by Crippen LogP contribution is 1.86. The van der Waals surface area contributed by atoms with Crippen molar-refractivity contribution in [1.29, 1.82) is 0 Å². The molecule has 7 heteroatoms. The molecular formula is C9H15N3O4. The minimum Gasteiger partial charge on any atom is -0.382 e. The van der Waals surface area contributed by atoms with Crippen LogP contribution in [0.25, 0.3) is 0 Å². The van der Waals surface area contributed by atoms with Gasteiger partial charge in [0.15, 0.2) is 0 Å². The number of aromatic nitrogens is 2. The maximum absolute atomic E-state index is 11.2. The third kappa shape index (κ3) is 4.76. The molecule has 0 aromatic carbocycles. The Labute approximate surface area is 92.1 Å². The maximum Gasteiger partial charge on any atom is 0.264 e. The standard InChI is InChI=1S/C9H15N3O4/c1-15-2-3-16-6-9(14)10-5-7-4-8(13)12-11-7/h4H,2-3,5-6H2,1H3,(H,10,14)(H2,11,12,13). The number of carbonyl (C=O) groups excluding carboxylic acids is 1. The number of ether oxygens (including phenoxy) is 2. The number of aromatic amines is 2. The normalized spacial score (nSPS) is 10.3. The molecule has 0 unspecified atom stereocenters. The quantitative estimate of drug-likeness (QED) is 0.521. The Morgan fingerprint density at radius 3 is 2.88 bits per heavy atom. The maximum atomic E-state index is 11.2. The van der Waals surface area contributed by atoms with Gasteiger partial charge in [0.1, 0.15) is 6.61 Å². The largest absolute Gasteiger partial charge is 0.382 e. The lowest BCUT2D eigenvalue weighted by Crippen LogP contribution is -2.27. The van der Waals surface area contributed by atoms with Crippen LogP contribution >= 0.6 is 0 Å². The van der Waals surface area contributed by atoms with Gasteiger partial charge in [0, 0.05) is 13.2 Å². The molecule has 0 bridgehead atoms. The number of H-pyrrole nitrogens is 2. The van der Waals surface area contributed by atoms with E-state index in [0.29, 0.717) is 18.9 Å². The first kappa shape index (κ1) is 12.5. The van der Waals surface area contributed by atoms with Crippen LogP contribution in [0.1, 0.15) is 5.69 Å². The fourth-order valence-electron chi connectivity index (χ4n) is 1.02. The van der Waals surface area contributed by atoms with Gasteiger partial charge in [0.2, 0.25) is 5.91 Å². The van der Waals surface area contributed by atoms with Crippen molar-refractivity contribution in [3.8, 4) is 0 Å². The van der Waals surface area contributed by atoms with Gasteiger partial charge >= 0.3 is 0 Å². The SMILES string of the molecule is COCCOCC(=O)NCc1cc(=O)[nH][nH]1. The lowest BCUT2D eigenvalue weighted by Gasteiger charge is -2.04. The molecule has 90 valence electrons. The van der Waals surface area contributed by atoms with Gasteiger partial charge in [-0.3, -0.25) is 14.7 Å². The highest BCUT2D eigenvalue weighted by molar-refractivity contribution is 5.77. The Balaban J connectivity index is 2.13. The Hall–Kier alpha value is -1.60. The molecule has 0 aliphatic rings. The van der Waals surface area contributed by atoms with Gasteiger partial charge in [-0.1, -0.05) is 0 Å². The predicted molar refractivity (Wildman–Crippen MR) is 56.0 cm³/mol. The van der Waals surface area contributed by atoms with E-state index in [1.54, 1.807) is 7.11 Å². The molecule has 1 heterocycles. The van der Waals surface area contributed by atoms with E-state index in [-0.39, 0.29) is 24.6 Å². The van der Waals surface area contributed by atoms with E-state index < -0.39 is 0 Å². The Morgan fingerprint density at radius 1 is 1.44 bits per heavy atom. The first-order valence-corrected chi connectivity index (χ1v) is 4.82. The second kappa shape index (κ2) is 6.81. The van der Waals surface area contributed by atoms with Gasteiger partial charge in [-0.05, 0) is 0 Å². The van der Waals surface area contributed by atoms with Crippen molar-refractivity contribution < 1.29 is 14.3 Å². The summed E-state index contributed by atoms with van der Waals surface area (Å²) in [4.78, 5) is 21.9. The highest BCUT2D eigenvalue weighted by Gasteiger charge is 2.02. The smallest absolute Gasteiger partial charge is 0.264 e. The third-order valence-electron chi connectivity index (χ3n) is 1.79. The van der Waals surface area contributed by atoms with Crippen LogP contribution < -0.4 is 10.9 Å². The molecule has 0 atom stereocenters. The Morgan fingerprint density at radius 2 is 2.25 bits per heavy atom. The molecule has 3 N–H and O–H groups in total. The van der Waals surface area contributed by atoms with Crippen LogP contribution in [0, 0.1) is 0 Å². The molecule has 1 amide bonds. The van der Waals surface area contributed by atoms with Crippen molar-refractivity contribution in [2.45, 2.75) is 6.54 Å². The van der Waals surface area contributed by atoms with E-state index in [9.17, 15) is 9.59 Å². The van der Waals surface area contributed by atoms with Crippen molar-refractivity contribution in [3.63, 3.8) is 0 Å². The van der Waals surface area contributed by atoms with Crippen LogP contribution in [0.4, 0.5) is 0 Å². The minimum absolute atomic E-state index is 0.0159. The van der Waals surface area contributed by atoms with Gasteiger partial charge < -0.3 is 19.9 Å². The summed E-state index contributed by atoms with van der Waals surface area (Å²) < 4.78 is 9.77. The molecule has 1 rings (SSSR count). The van der Waals surface area contributed by atoms with E-state index in [1.807, 2.05) is 0 Å². The Bertz CT molecular complexity index is 371. The van der Waals surface area contributed by atoms with Crippen LogP contribution in [0.15, 0.2) is 10.9 Å². The van der Waals surface area contributed by atoms with E-state index in [2.05, 4.69) is 15.5 Å². The van der Waals surface area contributed by atoms with Crippen LogP contribution in [0.5, 0.6) is 0 Å². The molecule has 1 aromatic heterocycles. The molecule has 0 radical (unpaired) electrons. The van der Waals surface area contributed by atoms with Crippen LogP contribution in [0.3, 0.4) is 0 Å². The second-order valence-electron chi connectivity index (χ2n) is 3.11. The van der Waals surface area contributed by atoms with Crippen molar-refractivity contribution in [1.82, 2.24) is 15.5 Å². The van der Waals surface area contributed by atoms with Gasteiger partial charge in [-0.15, -0.1) is 0 Å². The predicted octanol–water partition coefficient (Wildman–Crippen LogP) is -1.02. The molecule has 0 fully saturated rings. The topological polar surface area (TPSA) is 96.2 Å². The molecule has 7 nitrogen and oxygen atoms in total. The number of nitrogens with one attached hydrogen (secondary N) is 3. The molecule has 0 aliphatic carbocycles. The number of amides is 1. The zero-order valence-corrected chi connectivity index (χ0v) is 9.04. The van der Waals surface area contributed by atoms with E-state index in [1.165, 1.54) is 6.07 Å². The lowest BCUT2D eigenvalue weighted by atomic mass is 10.4. The van der Waals surface area contributed by atoms with Crippen molar-refractivity contribution in [2.24, 2.45) is 0 Å². The fourth-order valence-corrected chi connectivity index (χ4v) is 1.02. The highest BCUT2D eigenvalue weighted by atomic mass is 16.5. The van der Waals surface area contributed by atoms with Crippen molar-refractivity contribution >= 4 is 5.91 Å². The van der Waals surface area contributed by atoms with Gasteiger partial charge in [-0.2, -0.15) is 0 Å². The molecular weight excluding hydrogens is 214 g/mol. The van der Waals surface area contributed by atoms with Crippen LogP contribution in [0.2, 0.25) is 0 Å². The number of methoxy groups -OCH3 is 1. The summed E-state index contributed by atoms with van der Waals surface area (Å²) in [6.07, 6.45) is 0. The van der Waals surface area contributed by atoms with Crippen molar-refractivity contribution in [2.75, 3.05) is 26.9 Å². The van der Waals surface area contributed by atoms with E-state index in [4.69, 9.17) is 9.47 Å². The zero-order chi connectivity index (χ0) is 11.8. The summed E-state index contributed by atoms with van der Waals surface area (Å²) in [7, 11) is 1.56. The molecule has 1 aromatic rings. The molecule has 0 saturated heterocycles.